The first kappa shape index (κ1) is 19.7. The van der Waals surface area contributed by atoms with Crippen molar-refractivity contribution in [3.05, 3.63) is 30.1 Å². The van der Waals surface area contributed by atoms with E-state index in [9.17, 15) is 4.79 Å². The Bertz CT molecular complexity index is 648. The number of likely N-dealkylation sites (tertiary alicyclic amines) is 2. The monoisotopic (exact) mass is 384 g/mol. The lowest BCUT2D eigenvalue weighted by Gasteiger charge is -2.63. The fourth-order valence-corrected chi connectivity index (χ4v) is 5.70. The Kier molecular flexibility index (Phi) is 5.91. The maximum Gasteiger partial charge on any atom is 0.317 e. The minimum atomic E-state index is 0.116. The van der Waals surface area contributed by atoms with Crippen LogP contribution in [0.4, 0.5) is 4.79 Å². The molecule has 1 spiro atoms. The Balaban J connectivity index is 1.40. The Morgan fingerprint density at radius 1 is 1.18 bits per heavy atom. The number of aromatic nitrogens is 1. The molecule has 3 fully saturated rings. The van der Waals surface area contributed by atoms with Crippen molar-refractivity contribution in [2.75, 3.05) is 26.2 Å². The van der Waals surface area contributed by atoms with Crippen molar-refractivity contribution in [3.63, 3.8) is 0 Å². The zero-order valence-corrected chi connectivity index (χ0v) is 17.6. The number of hydrogen-bond acceptors (Lipinski definition) is 3. The predicted octanol–water partition coefficient (Wildman–Crippen LogP) is 4.22. The molecule has 2 saturated heterocycles. The van der Waals surface area contributed by atoms with Crippen LogP contribution in [-0.4, -0.2) is 53.0 Å². The lowest BCUT2D eigenvalue weighted by molar-refractivity contribution is -0.132. The summed E-state index contributed by atoms with van der Waals surface area (Å²) in [5, 5.41) is 3.07. The first-order valence-electron chi connectivity index (χ1n) is 11.3. The second-order valence-corrected chi connectivity index (χ2v) is 9.58. The van der Waals surface area contributed by atoms with Gasteiger partial charge in [-0.05, 0) is 49.3 Å². The molecule has 1 atom stereocenters. The van der Waals surface area contributed by atoms with Gasteiger partial charge in [-0.15, -0.1) is 0 Å². The maximum atomic E-state index is 12.4. The van der Waals surface area contributed by atoms with E-state index in [1.165, 1.54) is 44.2 Å². The van der Waals surface area contributed by atoms with Gasteiger partial charge in [0.1, 0.15) is 0 Å². The third-order valence-corrected chi connectivity index (χ3v) is 7.16. The molecule has 1 N–H and O–H groups in total. The van der Waals surface area contributed by atoms with E-state index in [2.05, 4.69) is 41.2 Å². The molecule has 28 heavy (non-hydrogen) atoms. The van der Waals surface area contributed by atoms with E-state index in [0.29, 0.717) is 23.4 Å². The Morgan fingerprint density at radius 2 is 1.86 bits per heavy atom. The van der Waals surface area contributed by atoms with E-state index in [4.69, 9.17) is 0 Å². The maximum absolute atomic E-state index is 12.4. The van der Waals surface area contributed by atoms with Gasteiger partial charge in [-0.3, -0.25) is 9.88 Å². The van der Waals surface area contributed by atoms with Crippen LogP contribution in [0.5, 0.6) is 0 Å². The first-order valence-corrected chi connectivity index (χ1v) is 11.3. The molecule has 1 aliphatic carbocycles. The van der Waals surface area contributed by atoms with E-state index in [1.54, 1.807) is 0 Å². The number of carbonyl (C=O) groups is 1. The van der Waals surface area contributed by atoms with Crippen LogP contribution in [0.15, 0.2) is 24.5 Å². The van der Waals surface area contributed by atoms with E-state index in [0.717, 1.165) is 32.5 Å². The van der Waals surface area contributed by atoms with Gasteiger partial charge in [-0.1, -0.05) is 33.1 Å². The molecular weight excluding hydrogens is 348 g/mol. The largest absolute Gasteiger partial charge is 0.338 e. The predicted molar refractivity (Wildman–Crippen MR) is 112 cm³/mol. The number of piperidine rings is 1. The summed E-state index contributed by atoms with van der Waals surface area (Å²) in [5.41, 5.74) is 1.92. The van der Waals surface area contributed by atoms with Crippen molar-refractivity contribution < 1.29 is 4.79 Å². The number of rotatable bonds is 4. The van der Waals surface area contributed by atoms with E-state index < -0.39 is 0 Å². The molecule has 5 heteroatoms. The Labute approximate surface area is 169 Å². The topological polar surface area (TPSA) is 48.5 Å². The molecule has 1 saturated carbocycles. The molecule has 0 aromatic carbocycles. The van der Waals surface area contributed by atoms with Crippen molar-refractivity contribution in [2.45, 2.75) is 70.9 Å². The second kappa shape index (κ2) is 8.40. The van der Waals surface area contributed by atoms with Gasteiger partial charge in [-0.25, -0.2) is 4.79 Å². The van der Waals surface area contributed by atoms with Crippen LogP contribution in [0.3, 0.4) is 0 Å². The van der Waals surface area contributed by atoms with Gasteiger partial charge in [0.05, 0.1) is 0 Å². The Hall–Kier alpha value is -1.62. The standard InChI is InChI=1S/C23H36N4O/c1-18(2)16-25-22(28)26-14-8-20(9-15-26)27-17-23(10-4-3-5-11-23)21(27)19-6-12-24-13-7-19/h6-7,12-13,18,20-21H,3-5,8-11,14-17H2,1-2H3,(H,25,28). The van der Waals surface area contributed by atoms with Crippen molar-refractivity contribution in [3.8, 4) is 0 Å². The molecule has 2 amide bonds. The fraction of sp³-hybridized carbons (Fsp3) is 0.739. The molecule has 0 bridgehead atoms. The van der Waals surface area contributed by atoms with Crippen LogP contribution < -0.4 is 5.32 Å². The number of pyridine rings is 1. The molecule has 1 unspecified atom stereocenters. The average molecular weight is 385 g/mol. The summed E-state index contributed by atoms with van der Waals surface area (Å²) >= 11 is 0. The zero-order valence-electron chi connectivity index (χ0n) is 17.6. The number of nitrogens with zero attached hydrogens (tertiary/aromatic N) is 3. The molecule has 3 aliphatic rings. The average Bonchev–Trinajstić information content (AvgIpc) is 2.72. The molecule has 5 nitrogen and oxygen atoms in total. The van der Waals surface area contributed by atoms with Gasteiger partial charge in [-0.2, -0.15) is 0 Å². The van der Waals surface area contributed by atoms with E-state index in [1.807, 2.05) is 17.3 Å². The first-order chi connectivity index (χ1) is 13.6. The number of amides is 2. The van der Waals surface area contributed by atoms with Gasteiger partial charge >= 0.3 is 6.03 Å². The van der Waals surface area contributed by atoms with Gasteiger partial charge < -0.3 is 10.2 Å². The van der Waals surface area contributed by atoms with Gasteiger partial charge in [0.25, 0.3) is 0 Å². The quantitative estimate of drug-likeness (QED) is 0.845. The summed E-state index contributed by atoms with van der Waals surface area (Å²) < 4.78 is 0. The Morgan fingerprint density at radius 3 is 2.50 bits per heavy atom. The third kappa shape index (κ3) is 3.91. The van der Waals surface area contributed by atoms with Crippen molar-refractivity contribution in [2.24, 2.45) is 11.3 Å². The van der Waals surface area contributed by atoms with Crippen LogP contribution >= 0.6 is 0 Å². The fourth-order valence-electron chi connectivity index (χ4n) is 5.70. The summed E-state index contributed by atoms with van der Waals surface area (Å²) in [4.78, 5) is 21.4. The number of urea groups is 1. The number of hydrogen-bond donors (Lipinski definition) is 1. The zero-order chi connectivity index (χ0) is 19.6. The van der Waals surface area contributed by atoms with Crippen molar-refractivity contribution in [1.29, 1.82) is 0 Å². The number of nitrogens with one attached hydrogen (secondary N) is 1. The van der Waals surface area contributed by atoms with Crippen LogP contribution in [0.25, 0.3) is 0 Å². The smallest absolute Gasteiger partial charge is 0.317 e. The normalized spacial score (nSPS) is 25.7. The van der Waals surface area contributed by atoms with Crippen LogP contribution in [0, 0.1) is 11.3 Å². The van der Waals surface area contributed by atoms with Crippen LogP contribution in [0.1, 0.15) is 70.4 Å². The van der Waals surface area contributed by atoms with E-state index >= 15 is 0 Å². The molecule has 3 heterocycles. The number of carbonyl (C=O) groups excluding carboxylic acids is 1. The highest BCUT2D eigenvalue weighted by Gasteiger charge is 2.54. The highest BCUT2D eigenvalue weighted by molar-refractivity contribution is 5.74. The summed E-state index contributed by atoms with van der Waals surface area (Å²) in [6, 6.07) is 5.70. The van der Waals surface area contributed by atoms with E-state index in [-0.39, 0.29) is 6.03 Å². The molecule has 154 valence electrons. The summed E-state index contributed by atoms with van der Waals surface area (Å²) in [6.07, 6.45) is 13.0. The van der Waals surface area contributed by atoms with Gasteiger partial charge in [0, 0.05) is 56.1 Å². The third-order valence-electron chi connectivity index (χ3n) is 7.16. The van der Waals surface area contributed by atoms with Gasteiger partial charge in [0.15, 0.2) is 0 Å². The lowest BCUT2D eigenvalue weighted by atomic mass is 9.60. The summed E-state index contributed by atoms with van der Waals surface area (Å²) in [6.45, 7) is 8.03. The summed E-state index contributed by atoms with van der Waals surface area (Å²) in [7, 11) is 0. The van der Waals surface area contributed by atoms with Crippen LogP contribution in [-0.2, 0) is 0 Å². The second-order valence-electron chi connectivity index (χ2n) is 9.58. The minimum absolute atomic E-state index is 0.116. The molecular formula is C23H36N4O. The molecule has 4 rings (SSSR count). The molecule has 1 aromatic rings. The minimum Gasteiger partial charge on any atom is -0.338 e. The SMILES string of the molecule is CC(C)CNC(=O)N1CCC(N2CC3(CCCCC3)C2c2ccncc2)CC1. The molecule has 0 radical (unpaired) electrons. The molecule has 1 aromatic heterocycles. The van der Waals surface area contributed by atoms with Gasteiger partial charge in [0.2, 0.25) is 0 Å². The highest BCUT2D eigenvalue weighted by atomic mass is 16.2. The highest BCUT2D eigenvalue weighted by Crippen LogP contribution is 2.58. The summed E-state index contributed by atoms with van der Waals surface area (Å²) in [5.74, 6) is 0.496. The van der Waals surface area contributed by atoms with Crippen LogP contribution in [0.2, 0.25) is 0 Å². The van der Waals surface area contributed by atoms with Crippen molar-refractivity contribution >= 4 is 6.03 Å². The molecule has 2 aliphatic heterocycles. The van der Waals surface area contributed by atoms with Crippen molar-refractivity contribution in [1.82, 2.24) is 20.1 Å². The lowest BCUT2D eigenvalue weighted by Crippen LogP contribution is -2.64.